The fourth-order valence-corrected chi connectivity index (χ4v) is 2.40. The summed E-state index contributed by atoms with van der Waals surface area (Å²) in [6.07, 6.45) is 8.07. The number of esters is 2. The van der Waals surface area contributed by atoms with Crippen LogP contribution in [0.3, 0.4) is 0 Å². The number of carbonyl (C=O) groups excluding carboxylic acids is 2. The Morgan fingerprint density at radius 3 is 2.24 bits per heavy atom. The van der Waals surface area contributed by atoms with E-state index in [1.165, 1.54) is 39.5 Å². The number of ether oxygens (including phenoxy) is 2. The van der Waals surface area contributed by atoms with Crippen molar-refractivity contribution in [2.75, 3.05) is 6.61 Å². The van der Waals surface area contributed by atoms with Gasteiger partial charge in [-0.3, -0.25) is 9.59 Å². The Labute approximate surface area is 151 Å². The number of aryl methyl sites for hydroxylation is 1. The van der Waals surface area contributed by atoms with Crippen molar-refractivity contribution in [3.63, 3.8) is 0 Å². The summed E-state index contributed by atoms with van der Waals surface area (Å²) in [5.41, 5.74) is -0.324. The highest BCUT2D eigenvalue weighted by molar-refractivity contribution is 5.99. The minimum Gasteiger partial charge on any atom is -0.465 e. The Kier molecular flexibility index (Phi) is 9.25. The lowest BCUT2D eigenvalue weighted by atomic mass is 9.94. The molecule has 0 aliphatic heterocycles. The second-order valence-electron chi connectivity index (χ2n) is 7.09. The predicted octanol–water partition coefficient (Wildman–Crippen LogP) is 5.22. The van der Waals surface area contributed by atoms with Crippen molar-refractivity contribution in [1.29, 1.82) is 0 Å². The summed E-state index contributed by atoms with van der Waals surface area (Å²) in [7, 11) is 0. The molecule has 0 N–H and O–H groups in total. The van der Waals surface area contributed by atoms with Crippen LogP contribution in [0.25, 0.3) is 0 Å². The van der Waals surface area contributed by atoms with Crippen LogP contribution in [0, 0.1) is 12.3 Å². The smallest absolute Gasteiger partial charge is 0.328 e. The first-order valence-corrected chi connectivity index (χ1v) is 9.34. The lowest BCUT2D eigenvalue weighted by molar-refractivity contribution is -0.164. The van der Waals surface area contributed by atoms with Gasteiger partial charge in [0.05, 0.1) is 6.61 Å². The Morgan fingerprint density at radius 2 is 1.60 bits per heavy atom. The summed E-state index contributed by atoms with van der Waals surface area (Å²) in [6.45, 7) is 7.55. The van der Waals surface area contributed by atoms with E-state index in [1.54, 1.807) is 12.1 Å². The van der Waals surface area contributed by atoms with E-state index in [0.717, 1.165) is 24.8 Å². The molecule has 0 heterocycles. The molecule has 1 aromatic carbocycles. The van der Waals surface area contributed by atoms with E-state index in [-0.39, 0.29) is 0 Å². The second kappa shape index (κ2) is 10.9. The van der Waals surface area contributed by atoms with Crippen molar-refractivity contribution in [2.24, 2.45) is 5.41 Å². The quantitative estimate of drug-likeness (QED) is 0.238. The Balaban J connectivity index is 2.33. The lowest BCUT2D eigenvalue weighted by Crippen LogP contribution is -2.38. The summed E-state index contributed by atoms with van der Waals surface area (Å²) < 4.78 is 10.6. The number of carbonyl (C=O) groups is 2. The fourth-order valence-electron chi connectivity index (χ4n) is 2.40. The molecule has 0 aliphatic rings. The Hall–Kier alpha value is -1.84. The van der Waals surface area contributed by atoms with Crippen LogP contribution in [0.2, 0.25) is 0 Å². The van der Waals surface area contributed by atoms with Gasteiger partial charge in [0.2, 0.25) is 0 Å². The van der Waals surface area contributed by atoms with Crippen LogP contribution >= 0.6 is 0 Å². The first kappa shape index (κ1) is 21.2. The number of rotatable bonds is 11. The summed E-state index contributed by atoms with van der Waals surface area (Å²) in [4.78, 5) is 24.5. The number of hydrogen-bond donors (Lipinski definition) is 0. The third kappa shape index (κ3) is 7.72. The van der Waals surface area contributed by atoms with Crippen molar-refractivity contribution >= 4 is 11.9 Å². The highest BCUT2D eigenvalue weighted by Gasteiger charge is 2.39. The number of hydrogen-bond acceptors (Lipinski definition) is 4. The molecule has 140 valence electrons. The molecule has 0 spiro atoms. The molecule has 0 aliphatic carbocycles. The zero-order valence-corrected chi connectivity index (χ0v) is 16.1. The van der Waals surface area contributed by atoms with Gasteiger partial charge in [0.15, 0.2) is 5.41 Å². The maximum Gasteiger partial charge on any atom is 0.328 e. The standard InChI is InChI=1S/C21H32O4/c1-5-6-7-8-9-10-11-15-24-19(22)21(3,4)20(23)25-18-14-12-13-17(2)16-18/h12-14,16H,5-11,15H2,1-4H3. The molecule has 0 unspecified atom stereocenters. The first-order valence-electron chi connectivity index (χ1n) is 9.34. The van der Waals surface area contributed by atoms with Gasteiger partial charge in [-0.2, -0.15) is 0 Å². The highest BCUT2D eigenvalue weighted by Crippen LogP contribution is 2.23. The van der Waals surface area contributed by atoms with Gasteiger partial charge in [-0.25, -0.2) is 0 Å². The van der Waals surface area contributed by atoms with Crippen molar-refractivity contribution in [2.45, 2.75) is 72.6 Å². The van der Waals surface area contributed by atoms with E-state index in [9.17, 15) is 9.59 Å². The summed E-state index contributed by atoms with van der Waals surface area (Å²) in [6, 6.07) is 7.19. The van der Waals surface area contributed by atoms with Gasteiger partial charge in [-0.1, -0.05) is 57.6 Å². The highest BCUT2D eigenvalue weighted by atomic mass is 16.6. The predicted molar refractivity (Wildman–Crippen MR) is 99.5 cm³/mol. The molecule has 0 bridgehead atoms. The van der Waals surface area contributed by atoms with Crippen LogP contribution in [0.15, 0.2) is 24.3 Å². The minimum atomic E-state index is -1.31. The number of benzene rings is 1. The topological polar surface area (TPSA) is 52.6 Å². The molecule has 4 heteroatoms. The fraction of sp³-hybridized carbons (Fsp3) is 0.619. The third-order valence-corrected chi connectivity index (χ3v) is 4.20. The van der Waals surface area contributed by atoms with Gasteiger partial charge < -0.3 is 9.47 Å². The van der Waals surface area contributed by atoms with Gasteiger partial charge in [-0.15, -0.1) is 0 Å². The van der Waals surface area contributed by atoms with Crippen molar-refractivity contribution in [3.8, 4) is 5.75 Å². The van der Waals surface area contributed by atoms with Crippen LogP contribution in [0.1, 0.15) is 71.3 Å². The molecule has 1 rings (SSSR count). The van der Waals surface area contributed by atoms with E-state index in [2.05, 4.69) is 6.92 Å². The molecule has 0 saturated heterocycles. The van der Waals surface area contributed by atoms with E-state index >= 15 is 0 Å². The molecule has 0 atom stereocenters. The monoisotopic (exact) mass is 348 g/mol. The summed E-state index contributed by atoms with van der Waals surface area (Å²) in [5, 5.41) is 0. The van der Waals surface area contributed by atoms with Crippen molar-refractivity contribution in [3.05, 3.63) is 29.8 Å². The largest absolute Gasteiger partial charge is 0.465 e. The Bertz CT molecular complexity index is 549. The van der Waals surface area contributed by atoms with E-state index < -0.39 is 17.4 Å². The van der Waals surface area contributed by atoms with Gasteiger partial charge >= 0.3 is 11.9 Å². The van der Waals surface area contributed by atoms with Gasteiger partial charge in [0, 0.05) is 0 Å². The molecule has 0 radical (unpaired) electrons. The molecule has 0 amide bonds. The van der Waals surface area contributed by atoms with Crippen LogP contribution in [0.5, 0.6) is 5.75 Å². The van der Waals surface area contributed by atoms with E-state index in [0.29, 0.717) is 12.4 Å². The molecular formula is C21H32O4. The van der Waals surface area contributed by atoms with Gasteiger partial charge in [-0.05, 0) is 44.9 Å². The maximum atomic E-state index is 12.3. The minimum absolute atomic E-state index is 0.355. The molecule has 25 heavy (non-hydrogen) atoms. The number of unbranched alkanes of at least 4 members (excludes halogenated alkanes) is 6. The average Bonchev–Trinajstić information content (AvgIpc) is 2.57. The molecule has 1 aromatic rings. The zero-order valence-electron chi connectivity index (χ0n) is 16.1. The Morgan fingerprint density at radius 1 is 0.960 bits per heavy atom. The van der Waals surface area contributed by atoms with Crippen molar-refractivity contribution < 1.29 is 19.1 Å². The van der Waals surface area contributed by atoms with E-state index in [1.807, 2.05) is 19.1 Å². The molecule has 0 aromatic heterocycles. The first-order chi connectivity index (χ1) is 11.9. The van der Waals surface area contributed by atoms with E-state index in [4.69, 9.17) is 9.47 Å². The van der Waals surface area contributed by atoms with Gasteiger partial charge in [0.25, 0.3) is 0 Å². The molecular weight excluding hydrogens is 316 g/mol. The maximum absolute atomic E-state index is 12.3. The second-order valence-corrected chi connectivity index (χ2v) is 7.09. The third-order valence-electron chi connectivity index (χ3n) is 4.20. The van der Waals surface area contributed by atoms with Crippen LogP contribution in [-0.2, 0) is 14.3 Å². The van der Waals surface area contributed by atoms with Gasteiger partial charge in [0.1, 0.15) is 5.75 Å². The summed E-state index contributed by atoms with van der Waals surface area (Å²) in [5.74, 6) is -0.684. The zero-order chi connectivity index (χ0) is 18.7. The molecule has 4 nitrogen and oxygen atoms in total. The SMILES string of the molecule is CCCCCCCCCOC(=O)C(C)(C)C(=O)Oc1cccc(C)c1. The molecule has 0 saturated carbocycles. The normalized spacial score (nSPS) is 11.2. The molecule has 0 fully saturated rings. The average molecular weight is 348 g/mol. The van der Waals surface area contributed by atoms with Crippen molar-refractivity contribution in [1.82, 2.24) is 0 Å². The summed E-state index contributed by atoms with van der Waals surface area (Å²) >= 11 is 0. The van der Waals surface area contributed by atoms with Crippen LogP contribution in [-0.4, -0.2) is 18.5 Å². The van der Waals surface area contributed by atoms with Crippen LogP contribution < -0.4 is 4.74 Å². The lowest BCUT2D eigenvalue weighted by Gasteiger charge is -2.20. The van der Waals surface area contributed by atoms with Crippen LogP contribution in [0.4, 0.5) is 0 Å².